The van der Waals surface area contributed by atoms with Gasteiger partial charge in [0.1, 0.15) is 5.75 Å². The van der Waals surface area contributed by atoms with E-state index in [1.165, 1.54) is 12.8 Å². The molecule has 23 heavy (non-hydrogen) atoms. The fraction of sp³-hybridized carbons (Fsp3) is 0.588. The molecule has 0 unspecified atom stereocenters. The Morgan fingerprint density at radius 2 is 2.00 bits per heavy atom. The van der Waals surface area contributed by atoms with Crippen molar-refractivity contribution in [1.29, 1.82) is 0 Å². The van der Waals surface area contributed by atoms with Crippen molar-refractivity contribution in [3.63, 3.8) is 0 Å². The summed E-state index contributed by atoms with van der Waals surface area (Å²) in [5, 5.41) is 3.11. The Morgan fingerprint density at radius 1 is 1.35 bits per heavy atom. The van der Waals surface area contributed by atoms with Crippen molar-refractivity contribution in [3.8, 4) is 5.75 Å². The van der Waals surface area contributed by atoms with Gasteiger partial charge in [-0.05, 0) is 57.5 Å². The first-order chi connectivity index (χ1) is 10.6. The number of hydrogen-bond donors (Lipinski definition) is 2. The van der Waals surface area contributed by atoms with Gasteiger partial charge >= 0.3 is 0 Å². The van der Waals surface area contributed by atoms with E-state index in [2.05, 4.69) is 22.1 Å². The lowest BCUT2D eigenvalue weighted by Crippen LogP contribution is -2.30. The van der Waals surface area contributed by atoms with Crippen molar-refractivity contribution in [1.82, 2.24) is 4.90 Å². The van der Waals surface area contributed by atoms with Gasteiger partial charge in [0.15, 0.2) is 5.96 Å². The minimum absolute atomic E-state index is 0. The van der Waals surface area contributed by atoms with E-state index in [9.17, 15) is 0 Å². The zero-order valence-electron chi connectivity index (χ0n) is 14.3. The number of anilines is 1. The maximum absolute atomic E-state index is 5.93. The molecule has 0 aliphatic heterocycles. The van der Waals surface area contributed by atoms with Gasteiger partial charge in [0.2, 0.25) is 0 Å². The predicted molar refractivity (Wildman–Crippen MR) is 108 cm³/mol. The van der Waals surface area contributed by atoms with Crippen LogP contribution in [-0.4, -0.2) is 42.6 Å². The molecule has 5 nitrogen and oxygen atoms in total. The molecule has 130 valence electrons. The van der Waals surface area contributed by atoms with Crippen molar-refractivity contribution < 1.29 is 4.74 Å². The number of benzene rings is 1. The summed E-state index contributed by atoms with van der Waals surface area (Å²) in [6.45, 7) is 9.02. The third-order valence-electron chi connectivity index (χ3n) is 3.64. The van der Waals surface area contributed by atoms with Gasteiger partial charge in [0, 0.05) is 18.3 Å². The zero-order chi connectivity index (χ0) is 15.9. The fourth-order valence-corrected chi connectivity index (χ4v) is 2.41. The summed E-state index contributed by atoms with van der Waals surface area (Å²) in [7, 11) is 0. The van der Waals surface area contributed by atoms with Crippen molar-refractivity contribution >= 4 is 35.6 Å². The second kappa shape index (κ2) is 9.97. The van der Waals surface area contributed by atoms with Crippen LogP contribution in [0.2, 0.25) is 0 Å². The molecule has 3 N–H and O–H groups in total. The van der Waals surface area contributed by atoms with Crippen molar-refractivity contribution in [3.05, 3.63) is 24.3 Å². The van der Waals surface area contributed by atoms with E-state index in [1.807, 2.05) is 38.1 Å². The first-order valence-corrected chi connectivity index (χ1v) is 8.16. The Hall–Kier alpha value is -1.02. The third kappa shape index (κ3) is 7.39. The molecule has 1 saturated carbocycles. The summed E-state index contributed by atoms with van der Waals surface area (Å²) >= 11 is 0. The molecular formula is C17H29IN4O. The van der Waals surface area contributed by atoms with Crippen molar-refractivity contribution in [2.75, 3.05) is 25.0 Å². The lowest BCUT2D eigenvalue weighted by molar-refractivity contribution is 0.242. The molecule has 1 aromatic rings. The van der Waals surface area contributed by atoms with Crippen LogP contribution in [0.15, 0.2) is 29.3 Å². The first kappa shape index (κ1) is 20.0. The van der Waals surface area contributed by atoms with Crippen molar-refractivity contribution in [2.45, 2.75) is 45.8 Å². The maximum Gasteiger partial charge on any atom is 0.193 e. The summed E-state index contributed by atoms with van der Waals surface area (Å²) in [4.78, 5) is 6.87. The molecule has 0 bridgehead atoms. The van der Waals surface area contributed by atoms with Gasteiger partial charge in [0.25, 0.3) is 0 Å². The smallest absolute Gasteiger partial charge is 0.193 e. The van der Waals surface area contributed by atoms with E-state index in [0.717, 1.165) is 37.1 Å². The second-order valence-corrected chi connectivity index (χ2v) is 5.94. The van der Waals surface area contributed by atoms with Gasteiger partial charge in [-0.2, -0.15) is 0 Å². The Bertz CT molecular complexity index is 486. The summed E-state index contributed by atoms with van der Waals surface area (Å²) in [6, 6.07) is 8.54. The number of guanidine groups is 1. The number of ether oxygens (including phenoxy) is 1. The highest BCUT2D eigenvalue weighted by atomic mass is 127. The Morgan fingerprint density at radius 3 is 2.52 bits per heavy atom. The number of rotatable bonds is 8. The highest BCUT2D eigenvalue weighted by Gasteiger charge is 2.26. The highest BCUT2D eigenvalue weighted by Crippen LogP contribution is 2.25. The molecule has 0 radical (unpaired) electrons. The van der Waals surface area contributed by atoms with Crippen LogP contribution in [0, 0.1) is 0 Å². The number of hydrogen-bond acceptors (Lipinski definition) is 3. The monoisotopic (exact) mass is 432 g/mol. The number of likely N-dealkylation sites (N-methyl/N-ethyl adjacent to an activating group) is 1. The topological polar surface area (TPSA) is 62.9 Å². The number of aliphatic imine (C=N–C) groups is 1. The average molecular weight is 432 g/mol. The van der Waals surface area contributed by atoms with Crippen LogP contribution in [0.25, 0.3) is 0 Å². The molecule has 0 amide bonds. The van der Waals surface area contributed by atoms with Gasteiger partial charge in [-0.15, -0.1) is 24.0 Å². The van der Waals surface area contributed by atoms with E-state index in [4.69, 9.17) is 10.5 Å². The van der Waals surface area contributed by atoms with Gasteiger partial charge < -0.3 is 15.8 Å². The molecule has 1 aliphatic carbocycles. The molecule has 1 fully saturated rings. The number of nitrogens with zero attached hydrogens (tertiary/aromatic N) is 2. The number of nitrogens with one attached hydrogen (secondary N) is 1. The molecule has 0 saturated heterocycles. The Kier molecular flexibility index (Phi) is 8.68. The molecule has 1 aromatic carbocycles. The van der Waals surface area contributed by atoms with E-state index >= 15 is 0 Å². The normalized spacial score (nSPS) is 14.7. The molecule has 2 rings (SSSR count). The van der Waals surface area contributed by atoms with Gasteiger partial charge in [-0.25, -0.2) is 0 Å². The quantitative estimate of drug-likeness (QED) is 0.376. The molecule has 0 spiro atoms. The maximum atomic E-state index is 5.93. The van der Waals surface area contributed by atoms with Crippen LogP contribution in [0.4, 0.5) is 5.69 Å². The zero-order valence-corrected chi connectivity index (χ0v) is 16.6. The second-order valence-electron chi connectivity index (χ2n) is 5.94. The summed E-state index contributed by atoms with van der Waals surface area (Å²) in [6.07, 6.45) is 2.84. The molecule has 0 aromatic heterocycles. The van der Waals surface area contributed by atoms with Gasteiger partial charge in [0.05, 0.1) is 12.6 Å². The first-order valence-electron chi connectivity index (χ1n) is 8.16. The Labute approximate surface area is 156 Å². The standard InChI is InChI=1S/C17H28N4O.HI/c1-4-21(15-7-8-15)12-11-19-17(18)20-14-5-9-16(10-6-14)22-13(2)3;/h5-6,9-10,13,15H,4,7-8,11-12H2,1-3H3,(H3,18,19,20);1H. The number of nitrogens with two attached hydrogens (primary N) is 1. The van der Waals surface area contributed by atoms with Crippen LogP contribution in [0.5, 0.6) is 5.75 Å². The fourth-order valence-electron chi connectivity index (χ4n) is 2.41. The largest absolute Gasteiger partial charge is 0.491 e. The van der Waals surface area contributed by atoms with E-state index in [1.54, 1.807) is 0 Å². The van der Waals surface area contributed by atoms with Gasteiger partial charge in [-0.3, -0.25) is 9.89 Å². The molecule has 0 heterocycles. The van der Waals surface area contributed by atoms with E-state index in [-0.39, 0.29) is 30.1 Å². The summed E-state index contributed by atoms with van der Waals surface area (Å²) < 4.78 is 5.61. The van der Waals surface area contributed by atoms with E-state index in [0.29, 0.717) is 5.96 Å². The van der Waals surface area contributed by atoms with Crippen LogP contribution in [-0.2, 0) is 0 Å². The molecule has 0 atom stereocenters. The van der Waals surface area contributed by atoms with Crippen LogP contribution in [0.3, 0.4) is 0 Å². The van der Waals surface area contributed by atoms with Gasteiger partial charge in [-0.1, -0.05) is 6.92 Å². The van der Waals surface area contributed by atoms with Crippen LogP contribution < -0.4 is 15.8 Å². The molecule has 6 heteroatoms. The minimum atomic E-state index is 0. The minimum Gasteiger partial charge on any atom is -0.491 e. The van der Waals surface area contributed by atoms with E-state index < -0.39 is 0 Å². The third-order valence-corrected chi connectivity index (χ3v) is 3.64. The van der Waals surface area contributed by atoms with Crippen LogP contribution in [0.1, 0.15) is 33.6 Å². The van der Waals surface area contributed by atoms with Crippen LogP contribution >= 0.6 is 24.0 Å². The average Bonchev–Trinajstić information content (AvgIpc) is 3.30. The summed E-state index contributed by atoms with van der Waals surface area (Å²) in [5.74, 6) is 1.32. The summed E-state index contributed by atoms with van der Waals surface area (Å²) in [5.41, 5.74) is 6.86. The lowest BCUT2D eigenvalue weighted by atomic mass is 10.3. The number of halogens is 1. The predicted octanol–water partition coefficient (Wildman–Crippen LogP) is 3.30. The molecule has 1 aliphatic rings. The SMILES string of the molecule is CCN(CCN=C(N)Nc1ccc(OC(C)C)cc1)C1CC1.I. The molecular weight excluding hydrogens is 403 g/mol. The Balaban J connectivity index is 0.00000264. The lowest BCUT2D eigenvalue weighted by Gasteiger charge is -2.18. The van der Waals surface area contributed by atoms with Crippen molar-refractivity contribution in [2.24, 2.45) is 10.7 Å². The highest BCUT2D eigenvalue weighted by molar-refractivity contribution is 14.0.